The van der Waals surface area contributed by atoms with Gasteiger partial charge in [-0.25, -0.2) is 0 Å². The molecule has 1 saturated carbocycles. The third-order valence-electron chi connectivity index (χ3n) is 3.29. The molecule has 1 aliphatic rings. The summed E-state index contributed by atoms with van der Waals surface area (Å²) in [5, 5.41) is 8.57. The Kier molecular flexibility index (Phi) is 5.17. The number of methoxy groups -OCH3 is 1. The normalized spacial score (nSPS) is 19.2. The van der Waals surface area contributed by atoms with Gasteiger partial charge in [0.2, 0.25) is 0 Å². The maximum atomic E-state index is 11.6. The van der Waals surface area contributed by atoms with Gasteiger partial charge in [0.05, 0.1) is 19.1 Å². The van der Waals surface area contributed by atoms with Gasteiger partial charge in [-0.1, -0.05) is 19.3 Å². The lowest BCUT2D eigenvalue weighted by molar-refractivity contribution is -0.148. The maximum absolute atomic E-state index is 11.6. The zero-order valence-corrected chi connectivity index (χ0v) is 9.37. The minimum atomic E-state index is -0.128. The van der Waals surface area contributed by atoms with Gasteiger partial charge in [-0.05, 0) is 25.2 Å². The van der Waals surface area contributed by atoms with Crippen molar-refractivity contribution in [3.63, 3.8) is 0 Å². The quantitative estimate of drug-likeness (QED) is 0.669. The highest BCUT2D eigenvalue weighted by atomic mass is 16.5. The Balaban J connectivity index is 2.53. The summed E-state index contributed by atoms with van der Waals surface area (Å²) in [6, 6.07) is 2.11. The van der Waals surface area contributed by atoms with E-state index in [4.69, 9.17) is 10.00 Å². The summed E-state index contributed by atoms with van der Waals surface area (Å²) in [4.78, 5) is 11.6. The molecule has 1 fully saturated rings. The lowest BCUT2D eigenvalue weighted by atomic mass is 9.78. The molecule has 0 aromatic carbocycles. The molecule has 0 aromatic heterocycles. The molecule has 0 aliphatic heterocycles. The van der Waals surface area contributed by atoms with E-state index in [1.54, 1.807) is 0 Å². The van der Waals surface area contributed by atoms with Gasteiger partial charge in [-0.3, -0.25) is 4.79 Å². The number of ether oxygens (including phenoxy) is 1. The molecule has 1 atom stereocenters. The summed E-state index contributed by atoms with van der Waals surface area (Å²) in [7, 11) is 1.44. The highest BCUT2D eigenvalue weighted by Crippen LogP contribution is 2.32. The van der Waals surface area contributed by atoms with E-state index in [0.29, 0.717) is 18.8 Å². The van der Waals surface area contributed by atoms with E-state index in [2.05, 4.69) is 6.07 Å². The van der Waals surface area contributed by atoms with Gasteiger partial charge in [0, 0.05) is 6.42 Å². The van der Waals surface area contributed by atoms with Gasteiger partial charge in [0.25, 0.3) is 0 Å². The first-order chi connectivity index (χ1) is 7.29. The summed E-state index contributed by atoms with van der Waals surface area (Å²) in [5.41, 5.74) is 0. The molecule has 84 valence electrons. The van der Waals surface area contributed by atoms with Crippen molar-refractivity contribution in [2.24, 2.45) is 11.8 Å². The highest BCUT2D eigenvalue weighted by molar-refractivity contribution is 5.72. The van der Waals surface area contributed by atoms with Gasteiger partial charge < -0.3 is 4.74 Å². The molecule has 1 unspecified atom stereocenters. The number of hydrogen-bond acceptors (Lipinski definition) is 3. The van der Waals surface area contributed by atoms with E-state index >= 15 is 0 Å². The van der Waals surface area contributed by atoms with Crippen LogP contribution in [0.4, 0.5) is 0 Å². The number of carbonyl (C=O) groups is 1. The van der Waals surface area contributed by atoms with Gasteiger partial charge in [0.1, 0.15) is 0 Å². The molecular formula is C12H19NO2. The fourth-order valence-electron chi connectivity index (χ4n) is 2.45. The van der Waals surface area contributed by atoms with E-state index < -0.39 is 0 Å². The number of hydrogen-bond donors (Lipinski definition) is 0. The first-order valence-corrected chi connectivity index (χ1v) is 5.74. The molecule has 3 heteroatoms. The second kappa shape index (κ2) is 6.44. The summed E-state index contributed by atoms with van der Waals surface area (Å²) in [5.74, 6) is 0.270. The largest absolute Gasteiger partial charge is 0.469 e. The van der Waals surface area contributed by atoms with Crippen LogP contribution in [0.15, 0.2) is 0 Å². The van der Waals surface area contributed by atoms with E-state index in [1.807, 2.05) is 0 Å². The molecule has 0 heterocycles. The van der Waals surface area contributed by atoms with Crippen molar-refractivity contribution < 1.29 is 9.53 Å². The van der Waals surface area contributed by atoms with Crippen LogP contribution in [0.3, 0.4) is 0 Å². The predicted molar refractivity (Wildman–Crippen MR) is 56.9 cm³/mol. The lowest BCUT2D eigenvalue weighted by Crippen LogP contribution is -2.26. The molecule has 0 amide bonds. The smallest absolute Gasteiger partial charge is 0.308 e. The van der Waals surface area contributed by atoms with Crippen molar-refractivity contribution in [1.29, 1.82) is 5.26 Å². The Hall–Kier alpha value is -1.04. The summed E-state index contributed by atoms with van der Waals surface area (Å²) in [6.07, 6.45) is 7.05. The van der Waals surface area contributed by atoms with Crippen LogP contribution in [0.5, 0.6) is 0 Å². The van der Waals surface area contributed by atoms with Crippen LogP contribution in [-0.2, 0) is 9.53 Å². The second-order valence-electron chi connectivity index (χ2n) is 4.22. The lowest BCUT2D eigenvalue weighted by Gasteiger charge is -2.27. The molecule has 0 N–H and O–H groups in total. The van der Waals surface area contributed by atoms with Crippen LogP contribution < -0.4 is 0 Å². The van der Waals surface area contributed by atoms with Gasteiger partial charge >= 0.3 is 5.97 Å². The Bertz CT molecular complexity index is 238. The van der Waals surface area contributed by atoms with Crippen LogP contribution in [0, 0.1) is 23.2 Å². The standard InChI is InChI=1S/C12H19NO2/c1-15-12(14)11(8-5-9-13)10-6-3-2-4-7-10/h10-11H,2-8H2,1H3. The Morgan fingerprint density at radius 3 is 2.67 bits per heavy atom. The monoisotopic (exact) mass is 209 g/mol. The highest BCUT2D eigenvalue weighted by Gasteiger charge is 2.29. The minimum absolute atomic E-state index is 0.0463. The molecule has 1 rings (SSSR count). The summed E-state index contributed by atoms with van der Waals surface area (Å²) >= 11 is 0. The van der Waals surface area contributed by atoms with Crippen molar-refractivity contribution in [3.8, 4) is 6.07 Å². The zero-order chi connectivity index (χ0) is 11.1. The molecular weight excluding hydrogens is 190 g/mol. The van der Waals surface area contributed by atoms with E-state index in [1.165, 1.54) is 26.4 Å². The van der Waals surface area contributed by atoms with E-state index in [-0.39, 0.29) is 11.9 Å². The second-order valence-corrected chi connectivity index (χ2v) is 4.22. The predicted octanol–water partition coefficient (Wildman–Crippen LogP) is 2.66. The van der Waals surface area contributed by atoms with Crippen molar-refractivity contribution in [1.82, 2.24) is 0 Å². The zero-order valence-electron chi connectivity index (χ0n) is 9.37. The van der Waals surface area contributed by atoms with Gasteiger partial charge in [-0.2, -0.15) is 5.26 Å². The maximum Gasteiger partial charge on any atom is 0.308 e. The minimum Gasteiger partial charge on any atom is -0.469 e. The first kappa shape index (κ1) is 12.0. The molecule has 3 nitrogen and oxygen atoms in total. The molecule has 0 spiro atoms. The average Bonchev–Trinajstić information content (AvgIpc) is 2.30. The average molecular weight is 209 g/mol. The van der Waals surface area contributed by atoms with Crippen molar-refractivity contribution in [3.05, 3.63) is 0 Å². The molecule has 0 bridgehead atoms. The van der Waals surface area contributed by atoms with Crippen LogP contribution in [0.2, 0.25) is 0 Å². The molecule has 15 heavy (non-hydrogen) atoms. The van der Waals surface area contributed by atoms with Gasteiger partial charge in [0.15, 0.2) is 0 Å². The molecule has 0 aromatic rings. The number of esters is 1. The SMILES string of the molecule is COC(=O)C(CCC#N)C1CCCCC1. The van der Waals surface area contributed by atoms with Crippen molar-refractivity contribution >= 4 is 5.97 Å². The summed E-state index contributed by atoms with van der Waals surface area (Å²) < 4.78 is 4.81. The number of carbonyl (C=O) groups excluding carboxylic acids is 1. The Morgan fingerprint density at radius 1 is 1.47 bits per heavy atom. The first-order valence-electron chi connectivity index (χ1n) is 5.74. The molecule has 1 aliphatic carbocycles. The van der Waals surface area contributed by atoms with E-state index in [9.17, 15) is 4.79 Å². The van der Waals surface area contributed by atoms with Crippen molar-refractivity contribution in [2.45, 2.75) is 44.9 Å². The molecule has 0 radical (unpaired) electrons. The fourth-order valence-corrected chi connectivity index (χ4v) is 2.45. The van der Waals surface area contributed by atoms with Crippen LogP contribution in [-0.4, -0.2) is 13.1 Å². The van der Waals surface area contributed by atoms with Crippen LogP contribution in [0.1, 0.15) is 44.9 Å². The topological polar surface area (TPSA) is 50.1 Å². The number of nitriles is 1. The third kappa shape index (κ3) is 3.54. The van der Waals surface area contributed by atoms with Crippen molar-refractivity contribution in [2.75, 3.05) is 7.11 Å². The fraction of sp³-hybridized carbons (Fsp3) is 0.833. The van der Waals surface area contributed by atoms with E-state index in [0.717, 1.165) is 12.8 Å². The third-order valence-corrected chi connectivity index (χ3v) is 3.29. The molecule has 0 saturated heterocycles. The van der Waals surface area contributed by atoms with Crippen LogP contribution in [0.25, 0.3) is 0 Å². The number of rotatable bonds is 4. The number of nitrogens with zero attached hydrogens (tertiary/aromatic N) is 1. The van der Waals surface area contributed by atoms with Crippen LogP contribution >= 0.6 is 0 Å². The summed E-state index contributed by atoms with van der Waals surface area (Å²) in [6.45, 7) is 0. The Morgan fingerprint density at radius 2 is 2.13 bits per heavy atom. The van der Waals surface area contributed by atoms with Gasteiger partial charge in [-0.15, -0.1) is 0 Å². The Labute approximate surface area is 91.4 Å².